The van der Waals surface area contributed by atoms with Crippen molar-refractivity contribution in [3.8, 4) is 0 Å². The number of carbonyl (C=O) groups is 2. The van der Waals surface area contributed by atoms with E-state index >= 15 is 0 Å². The van der Waals surface area contributed by atoms with E-state index in [9.17, 15) is 24.9 Å². The van der Waals surface area contributed by atoms with E-state index in [1.165, 1.54) is 0 Å². The van der Waals surface area contributed by atoms with Gasteiger partial charge in [-0.1, -0.05) is 39.8 Å². The van der Waals surface area contributed by atoms with E-state index in [0.29, 0.717) is 36.6 Å². The highest BCUT2D eigenvalue weighted by Crippen LogP contribution is 2.89. The maximum Gasteiger partial charge on any atom is 0.308 e. The van der Waals surface area contributed by atoms with Gasteiger partial charge in [0.15, 0.2) is 6.23 Å². The van der Waals surface area contributed by atoms with Crippen LogP contribution in [-0.2, 0) is 19.1 Å². The number of rotatable bonds is 5. The Bertz CT molecular complexity index is 1110. The minimum Gasteiger partial charge on any atom is -0.870 e. The molecule has 9 aliphatic rings. The molecule has 16 atom stereocenters. The number of piperidine rings is 2. The molecule has 0 aromatic heterocycles. The van der Waals surface area contributed by atoms with Crippen molar-refractivity contribution in [2.24, 2.45) is 45.8 Å². The van der Waals surface area contributed by atoms with Crippen LogP contribution in [0.3, 0.4) is 0 Å². The van der Waals surface area contributed by atoms with Gasteiger partial charge in [0, 0.05) is 35.0 Å². The zero-order valence-corrected chi connectivity index (χ0v) is 23.0. The molecule has 9 fully saturated rings. The summed E-state index contributed by atoms with van der Waals surface area (Å²) < 4.78 is 12.6. The number of quaternary nitrogens is 1. The van der Waals surface area contributed by atoms with Gasteiger partial charge in [0.1, 0.15) is 30.4 Å². The largest absolute Gasteiger partial charge is 0.870 e. The summed E-state index contributed by atoms with van der Waals surface area (Å²) in [6.45, 7) is 12.0. The smallest absolute Gasteiger partial charge is 0.308 e. The third-order valence-electron chi connectivity index (χ3n) is 13.1. The molecule has 3 heterocycles. The lowest BCUT2D eigenvalue weighted by atomic mass is 9.38. The predicted molar refractivity (Wildman–Crippen MR) is 133 cm³/mol. The number of likely N-dealkylation sites (N-methyl/N-ethyl adjacent to an activating group) is 1. The van der Waals surface area contributed by atoms with Crippen molar-refractivity contribution in [2.45, 2.75) is 103 Å². The number of aliphatic hydroxyl groups is 3. The molecule has 3 saturated heterocycles. The molecule has 2 spiro atoms. The fraction of sp³-hybridized carbons (Fsp3) is 0.862. The van der Waals surface area contributed by atoms with Gasteiger partial charge in [0.2, 0.25) is 0 Å². The third-order valence-corrected chi connectivity index (χ3v) is 13.1. The number of aliphatic hydroxyl groups excluding tert-OH is 3. The van der Waals surface area contributed by atoms with Crippen LogP contribution >= 0.6 is 0 Å². The minimum atomic E-state index is -0.804. The first-order valence-electron chi connectivity index (χ1n) is 14.3. The molecule has 6 aliphatic carbocycles. The number of carbonyl (C=O) groups excluding carboxylic acids is 2. The van der Waals surface area contributed by atoms with Gasteiger partial charge in [-0.2, -0.15) is 0 Å². The Morgan fingerprint density at radius 3 is 2.45 bits per heavy atom. The Kier molecular flexibility index (Phi) is 5.34. The van der Waals surface area contributed by atoms with E-state index in [-0.39, 0.29) is 65.2 Å². The van der Waals surface area contributed by atoms with E-state index in [1.807, 2.05) is 13.8 Å². The summed E-state index contributed by atoms with van der Waals surface area (Å²) in [5, 5.41) is 36.5. The van der Waals surface area contributed by atoms with Crippen molar-refractivity contribution in [3.05, 3.63) is 12.2 Å². The number of nitrogens with zero attached hydrogens (tertiary/aromatic N) is 1. The summed E-state index contributed by atoms with van der Waals surface area (Å²) in [5.74, 6) is -1.58. The minimum absolute atomic E-state index is 0. The fourth-order valence-corrected chi connectivity index (χ4v) is 12.4. The summed E-state index contributed by atoms with van der Waals surface area (Å²) in [6, 6.07) is -0.259. The second kappa shape index (κ2) is 7.60. The van der Waals surface area contributed by atoms with Gasteiger partial charge in [0.25, 0.3) is 0 Å². The molecule has 6 saturated carbocycles. The molecule has 9 bridgehead atoms. The number of hydrogen-bond acceptors (Lipinski definition) is 8. The van der Waals surface area contributed by atoms with Crippen LogP contribution in [0.4, 0.5) is 0 Å². The second-order valence-electron chi connectivity index (χ2n) is 14.1. The molecular weight excluding hydrogens is 490 g/mol. The van der Waals surface area contributed by atoms with Gasteiger partial charge < -0.3 is 30.3 Å². The molecule has 38 heavy (non-hydrogen) atoms. The van der Waals surface area contributed by atoms with Crippen LogP contribution in [0.25, 0.3) is 0 Å². The number of fused-ring (bicyclic) bond motifs is 1. The predicted octanol–water partition coefficient (Wildman–Crippen LogP) is 1.58. The normalized spacial score (nSPS) is 58.5. The molecule has 9 nitrogen and oxygen atoms in total. The van der Waals surface area contributed by atoms with Gasteiger partial charge in [-0.3, -0.25) is 14.1 Å². The molecule has 0 amide bonds. The number of ether oxygens (including phenoxy) is 2. The highest BCUT2D eigenvalue weighted by molar-refractivity contribution is 5.72. The first kappa shape index (κ1) is 26.7. The Hall–Kier alpha value is -1.52. The van der Waals surface area contributed by atoms with E-state index in [0.717, 1.165) is 5.57 Å². The SMILES string of the molecule is C=C1C[C@]23[C@@H]4[C@H](OC(=O)[C@H](C)CC)[C@H]1[C@@H](O)[C@H]2[C@]12C[C@@H](OC(=O)CC)C[C@]5(C)[C@H]1[C@H]([C@@H]3O)[N+](C)([C@@H]5O)[C@H]42.[OH-]. The first-order chi connectivity index (χ1) is 17.4. The maximum absolute atomic E-state index is 13.2. The van der Waals surface area contributed by atoms with Gasteiger partial charge in [0.05, 0.1) is 30.4 Å². The lowest BCUT2D eigenvalue weighted by Gasteiger charge is -2.66. The second-order valence-corrected chi connectivity index (χ2v) is 14.1. The zero-order chi connectivity index (χ0) is 26.6. The van der Waals surface area contributed by atoms with Gasteiger partial charge in [-0.05, 0) is 25.7 Å². The monoisotopic (exact) mass is 533 g/mol. The standard InChI is InChI=1S/C29H42NO7.H2O/c1-7-12(3)25(34)37-20-16-13(4)9-28-17(20)23-29(22(28)19(16)32)11-14(36-15(31)8-2)10-27(5)21(29)18(24(28)33)30(23,6)26(27)35;/h12,14,16-24,26,32-33,35H,4,7-11H2,1-3,5-6H3;1H2/q+1;/p-1/t12-,14+,16-,17-,18-,19-,20-,21-,22-,23-,24+,26-,27-,28+,29+,30?;/m1./s1. The van der Waals surface area contributed by atoms with Gasteiger partial charge in [-0.15, -0.1) is 0 Å². The number of esters is 2. The van der Waals surface area contributed by atoms with E-state index < -0.39 is 40.8 Å². The van der Waals surface area contributed by atoms with E-state index in [1.54, 1.807) is 6.92 Å². The molecule has 4 N–H and O–H groups in total. The molecule has 0 aromatic carbocycles. The van der Waals surface area contributed by atoms with Crippen LogP contribution in [0, 0.1) is 45.8 Å². The zero-order valence-electron chi connectivity index (χ0n) is 23.0. The highest BCUT2D eigenvalue weighted by atomic mass is 16.6. The van der Waals surface area contributed by atoms with E-state index in [4.69, 9.17) is 9.47 Å². The molecule has 9 rings (SSSR count). The van der Waals surface area contributed by atoms with Crippen molar-refractivity contribution in [2.75, 3.05) is 7.05 Å². The lowest BCUT2D eigenvalue weighted by Crippen LogP contribution is -2.77. The molecule has 0 radical (unpaired) electrons. The Labute approximate surface area is 224 Å². The Morgan fingerprint density at radius 1 is 1.13 bits per heavy atom. The van der Waals surface area contributed by atoms with Crippen LogP contribution in [0.1, 0.15) is 59.8 Å². The van der Waals surface area contributed by atoms with Crippen LogP contribution < -0.4 is 0 Å². The fourth-order valence-electron chi connectivity index (χ4n) is 12.4. The van der Waals surface area contributed by atoms with Crippen molar-refractivity contribution in [1.29, 1.82) is 0 Å². The average molecular weight is 534 g/mol. The Morgan fingerprint density at radius 2 is 1.82 bits per heavy atom. The summed E-state index contributed by atoms with van der Waals surface area (Å²) in [4.78, 5) is 25.6. The average Bonchev–Trinajstić information content (AvgIpc) is 3.23. The molecule has 0 aromatic rings. The van der Waals surface area contributed by atoms with Crippen molar-refractivity contribution < 1.29 is 44.3 Å². The maximum atomic E-state index is 13.2. The summed E-state index contributed by atoms with van der Waals surface area (Å²) in [7, 11) is 2.08. The first-order valence-corrected chi connectivity index (χ1v) is 14.3. The van der Waals surface area contributed by atoms with Crippen molar-refractivity contribution >= 4 is 11.9 Å². The quantitative estimate of drug-likeness (QED) is 0.275. The van der Waals surface area contributed by atoms with Crippen LogP contribution in [0.2, 0.25) is 0 Å². The van der Waals surface area contributed by atoms with Gasteiger partial charge >= 0.3 is 11.9 Å². The van der Waals surface area contributed by atoms with Crippen LogP contribution in [0.5, 0.6) is 0 Å². The molecular formula is C29H43NO8. The lowest BCUT2D eigenvalue weighted by molar-refractivity contribution is -0.996. The van der Waals surface area contributed by atoms with Crippen molar-refractivity contribution in [1.82, 2.24) is 0 Å². The molecule has 3 aliphatic heterocycles. The topological polar surface area (TPSA) is 143 Å². The summed E-state index contributed by atoms with van der Waals surface area (Å²) >= 11 is 0. The molecule has 1 unspecified atom stereocenters. The van der Waals surface area contributed by atoms with Crippen molar-refractivity contribution in [3.63, 3.8) is 0 Å². The third kappa shape index (κ3) is 2.38. The molecule has 212 valence electrons. The van der Waals surface area contributed by atoms with Gasteiger partial charge in [-0.25, -0.2) is 0 Å². The van der Waals surface area contributed by atoms with Crippen LogP contribution in [-0.4, -0.2) is 87.0 Å². The Balaban J connectivity index is 0.00000264. The van der Waals surface area contributed by atoms with Crippen LogP contribution in [0.15, 0.2) is 12.2 Å². The summed E-state index contributed by atoms with van der Waals surface area (Å²) in [5.41, 5.74) is -0.760. The van der Waals surface area contributed by atoms with E-state index in [2.05, 4.69) is 20.6 Å². The molecule has 9 heteroatoms. The highest BCUT2D eigenvalue weighted by Gasteiger charge is 3.00. The summed E-state index contributed by atoms with van der Waals surface area (Å²) in [6.07, 6.45) is -0.476. The number of hydrogen-bond donors (Lipinski definition) is 3.